The molecule has 0 spiro atoms. The van der Waals surface area contributed by atoms with Crippen molar-refractivity contribution in [3.8, 4) is 0 Å². The van der Waals surface area contributed by atoms with Crippen LogP contribution in [0.2, 0.25) is 0 Å². The molecule has 0 radical (unpaired) electrons. The molecule has 2 aromatic carbocycles. The highest BCUT2D eigenvalue weighted by Gasteiger charge is 2.10. The molecular formula is C17H19N3. The lowest BCUT2D eigenvalue weighted by Gasteiger charge is -2.14. The van der Waals surface area contributed by atoms with Gasteiger partial charge < -0.3 is 5.73 Å². The van der Waals surface area contributed by atoms with Crippen molar-refractivity contribution >= 4 is 10.9 Å². The Bertz CT molecular complexity index is 743. The molecule has 0 aliphatic heterocycles. The molecule has 1 heterocycles. The Balaban J connectivity index is 1.88. The molecule has 0 aliphatic rings. The van der Waals surface area contributed by atoms with Gasteiger partial charge in [-0.1, -0.05) is 36.4 Å². The van der Waals surface area contributed by atoms with Crippen molar-refractivity contribution < 1.29 is 0 Å². The van der Waals surface area contributed by atoms with Crippen LogP contribution in [0.4, 0.5) is 0 Å². The Morgan fingerprint density at radius 1 is 1.10 bits per heavy atom. The SMILES string of the molecule is Cc1ccc(C(N)Cn2ncc3ccccc32)cc1C. The topological polar surface area (TPSA) is 43.8 Å². The van der Waals surface area contributed by atoms with Gasteiger partial charge in [0, 0.05) is 11.4 Å². The fraction of sp³-hybridized carbons (Fsp3) is 0.235. The maximum Gasteiger partial charge on any atom is 0.0683 e. The highest BCUT2D eigenvalue weighted by atomic mass is 15.3. The van der Waals surface area contributed by atoms with Crippen molar-refractivity contribution in [1.29, 1.82) is 0 Å². The first-order valence-electron chi connectivity index (χ1n) is 6.88. The van der Waals surface area contributed by atoms with Crippen molar-refractivity contribution in [2.75, 3.05) is 0 Å². The van der Waals surface area contributed by atoms with Crippen LogP contribution in [0, 0.1) is 13.8 Å². The summed E-state index contributed by atoms with van der Waals surface area (Å²) in [6, 6.07) is 14.6. The lowest BCUT2D eigenvalue weighted by Crippen LogP contribution is -2.18. The van der Waals surface area contributed by atoms with Gasteiger partial charge in [0.2, 0.25) is 0 Å². The summed E-state index contributed by atoms with van der Waals surface area (Å²) in [6.45, 7) is 4.93. The molecule has 102 valence electrons. The van der Waals surface area contributed by atoms with Crippen molar-refractivity contribution in [3.05, 3.63) is 65.4 Å². The molecule has 0 aliphatic carbocycles. The Hall–Kier alpha value is -2.13. The van der Waals surface area contributed by atoms with E-state index in [1.807, 2.05) is 23.0 Å². The molecule has 3 aromatic rings. The summed E-state index contributed by atoms with van der Waals surface area (Å²) >= 11 is 0. The second-order valence-electron chi connectivity index (χ2n) is 5.34. The van der Waals surface area contributed by atoms with E-state index in [1.54, 1.807) is 0 Å². The van der Waals surface area contributed by atoms with Crippen LogP contribution in [0.5, 0.6) is 0 Å². The molecule has 1 atom stereocenters. The lowest BCUT2D eigenvalue weighted by atomic mass is 10.0. The van der Waals surface area contributed by atoms with Crippen molar-refractivity contribution in [3.63, 3.8) is 0 Å². The average molecular weight is 265 g/mol. The summed E-state index contributed by atoms with van der Waals surface area (Å²) in [4.78, 5) is 0. The van der Waals surface area contributed by atoms with Crippen LogP contribution in [-0.4, -0.2) is 9.78 Å². The van der Waals surface area contributed by atoms with Gasteiger partial charge in [-0.15, -0.1) is 0 Å². The summed E-state index contributed by atoms with van der Waals surface area (Å²) in [6.07, 6.45) is 1.89. The molecule has 0 saturated heterocycles. The molecule has 3 rings (SSSR count). The van der Waals surface area contributed by atoms with Gasteiger partial charge in [-0.05, 0) is 36.6 Å². The maximum atomic E-state index is 6.34. The number of nitrogens with zero attached hydrogens (tertiary/aromatic N) is 2. The van der Waals surface area contributed by atoms with Gasteiger partial charge in [0.05, 0.1) is 18.3 Å². The minimum atomic E-state index is -0.0439. The number of rotatable bonds is 3. The average Bonchev–Trinajstić information content (AvgIpc) is 2.85. The third-order valence-corrected chi connectivity index (χ3v) is 3.88. The van der Waals surface area contributed by atoms with Gasteiger partial charge >= 0.3 is 0 Å². The standard InChI is InChI=1S/C17H19N3/c1-12-7-8-14(9-13(12)2)16(18)11-20-17-6-4-3-5-15(17)10-19-20/h3-10,16H,11,18H2,1-2H3. The third-order valence-electron chi connectivity index (χ3n) is 3.88. The minimum absolute atomic E-state index is 0.0439. The van der Waals surface area contributed by atoms with E-state index >= 15 is 0 Å². The van der Waals surface area contributed by atoms with E-state index in [4.69, 9.17) is 5.73 Å². The molecule has 3 heteroatoms. The molecule has 1 unspecified atom stereocenters. The second-order valence-corrected chi connectivity index (χ2v) is 5.34. The predicted molar refractivity (Wildman–Crippen MR) is 82.6 cm³/mol. The van der Waals surface area contributed by atoms with Crippen molar-refractivity contribution in [2.24, 2.45) is 5.73 Å². The molecular weight excluding hydrogens is 246 g/mol. The smallest absolute Gasteiger partial charge is 0.0683 e. The van der Waals surface area contributed by atoms with E-state index in [0.717, 1.165) is 16.5 Å². The van der Waals surface area contributed by atoms with Gasteiger partial charge in [-0.25, -0.2) is 0 Å². The number of aromatic nitrogens is 2. The van der Waals surface area contributed by atoms with E-state index in [2.05, 4.69) is 49.3 Å². The number of hydrogen-bond acceptors (Lipinski definition) is 2. The van der Waals surface area contributed by atoms with Crippen molar-refractivity contribution in [2.45, 2.75) is 26.4 Å². The predicted octanol–water partition coefficient (Wildman–Crippen LogP) is 3.35. The van der Waals surface area contributed by atoms with Gasteiger partial charge in [0.25, 0.3) is 0 Å². The van der Waals surface area contributed by atoms with Gasteiger partial charge in [0.1, 0.15) is 0 Å². The molecule has 0 amide bonds. The van der Waals surface area contributed by atoms with Crippen LogP contribution in [0.25, 0.3) is 10.9 Å². The normalized spacial score (nSPS) is 12.8. The lowest BCUT2D eigenvalue weighted by molar-refractivity contribution is 0.541. The summed E-state index contributed by atoms with van der Waals surface area (Å²) in [5, 5.41) is 5.59. The zero-order chi connectivity index (χ0) is 14.1. The monoisotopic (exact) mass is 265 g/mol. The van der Waals surface area contributed by atoms with Crippen LogP contribution < -0.4 is 5.73 Å². The number of benzene rings is 2. The molecule has 3 nitrogen and oxygen atoms in total. The molecule has 0 fully saturated rings. The largest absolute Gasteiger partial charge is 0.322 e. The van der Waals surface area contributed by atoms with Gasteiger partial charge in [-0.2, -0.15) is 5.10 Å². The molecule has 1 aromatic heterocycles. The quantitative estimate of drug-likeness (QED) is 0.789. The summed E-state index contributed by atoms with van der Waals surface area (Å²) < 4.78 is 1.98. The second kappa shape index (κ2) is 5.10. The Kier molecular flexibility index (Phi) is 3.28. The van der Waals surface area contributed by atoms with Crippen LogP contribution in [-0.2, 0) is 6.54 Å². The fourth-order valence-corrected chi connectivity index (χ4v) is 2.46. The van der Waals surface area contributed by atoms with Gasteiger partial charge in [-0.3, -0.25) is 4.68 Å². The first kappa shape index (κ1) is 12.9. The Labute approximate surface area is 119 Å². The zero-order valence-corrected chi connectivity index (χ0v) is 11.9. The van der Waals surface area contributed by atoms with Crippen LogP contribution in [0.3, 0.4) is 0 Å². The minimum Gasteiger partial charge on any atom is -0.322 e. The molecule has 0 saturated carbocycles. The van der Waals surface area contributed by atoms with Crippen LogP contribution in [0.1, 0.15) is 22.7 Å². The van der Waals surface area contributed by atoms with E-state index in [9.17, 15) is 0 Å². The summed E-state index contributed by atoms with van der Waals surface area (Å²) in [5.41, 5.74) is 11.2. The molecule has 20 heavy (non-hydrogen) atoms. The highest BCUT2D eigenvalue weighted by Crippen LogP contribution is 2.19. The van der Waals surface area contributed by atoms with E-state index < -0.39 is 0 Å². The highest BCUT2D eigenvalue weighted by molar-refractivity contribution is 5.78. The van der Waals surface area contributed by atoms with Crippen molar-refractivity contribution in [1.82, 2.24) is 9.78 Å². The number of fused-ring (bicyclic) bond motifs is 1. The first-order valence-corrected chi connectivity index (χ1v) is 6.88. The van der Waals surface area contributed by atoms with E-state index in [0.29, 0.717) is 6.54 Å². The van der Waals surface area contributed by atoms with Crippen LogP contribution in [0.15, 0.2) is 48.7 Å². The Morgan fingerprint density at radius 3 is 2.70 bits per heavy atom. The zero-order valence-electron chi connectivity index (χ0n) is 11.9. The van der Waals surface area contributed by atoms with E-state index in [1.165, 1.54) is 11.1 Å². The van der Waals surface area contributed by atoms with Crippen LogP contribution >= 0.6 is 0 Å². The summed E-state index contributed by atoms with van der Waals surface area (Å²) in [7, 11) is 0. The third kappa shape index (κ3) is 2.32. The first-order chi connectivity index (χ1) is 9.65. The maximum absolute atomic E-state index is 6.34. The number of nitrogens with two attached hydrogens (primary N) is 1. The van der Waals surface area contributed by atoms with Gasteiger partial charge in [0.15, 0.2) is 0 Å². The molecule has 0 bridgehead atoms. The van der Waals surface area contributed by atoms with E-state index in [-0.39, 0.29) is 6.04 Å². The number of aryl methyl sites for hydroxylation is 2. The summed E-state index contributed by atoms with van der Waals surface area (Å²) in [5.74, 6) is 0. The fourth-order valence-electron chi connectivity index (χ4n) is 2.46. The number of hydrogen-bond donors (Lipinski definition) is 1. The molecule has 2 N–H and O–H groups in total. The Morgan fingerprint density at radius 2 is 1.90 bits per heavy atom. The number of para-hydroxylation sites is 1.